The number of carbonyl (C=O) groups is 2. The molecule has 0 spiro atoms. The van der Waals surface area contributed by atoms with Crippen LogP contribution in [0.25, 0.3) is 0 Å². The van der Waals surface area contributed by atoms with Crippen molar-refractivity contribution in [3.05, 3.63) is 59.5 Å². The Kier molecular flexibility index (Phi) is 5.22. The van der Waals surface area contributed by atoms with Crippen LogP contribution in [0.5, 0.6) is 0 Å². The van der Waals surface area contributed by atoms with E-state index in [9.17, 15) is 9.59 Å². The van der Waals surface area contributed by atoms with Crippen LogP contribution < -0.4 is 5.32 Å². The highest BCUT2D eigenvalue weighted by molar-refractivity contribution is 5.95. The largest absolute Gasteiger partial charge is 0.459 e. The molecule has 1 aromatic carbocycles. The van der Waals surface area contributed by atoms with Gasteiger partial charge in [0, 0.05) is 13.1 Å². The van der Waals surface area contributed by atoms with E-state index in [1.54, 1.807) is 12.1 Å². The molecule has 0 bridgehead atoms. The average molecular weight is 340 g/mol. The molecule has 1 aromatic heterocycles. The zero-order valence-electron chi connectivity index (χ0n) is 14.7. The highest BCUT2D eigenvalue weighted by atomic mass is 16.3. The molecular weight excluding hydrogens is 316 g/mol. The standard InChI is InChI=1S/C20H24N2O3/c1-14(2)12-17(21-19(23)18-8-5-11-25-18)20(24)22-10-9-15-6-3-4-7-16(15)13-22/h3-8,11,14,17H,9-10,12-13H2,1-2H3,(H,21,23)/t17-/m0/s1. The number of carbonyl (C=O) groups excluding carboxylic acids is 2. The Labute approximate surface area is 148 Å². The minimum absolute atomic E-state index is 0.0249. The molecule has 1 N–H and O–H groups in total. The van der Waals surface area contributed by atoms with Gasteiger partial charge in [0.1, 0.15) is 6.04 Å². The molecule has 0 saturated carbocycles. The van der Waals surface area contributed by atoms with Crippen LogP contribution in [0.3, 0.4) is 0 Å². The first-order valence-corrected chi connectivity index (χ1v) is 8.74. The molecule has 1 atom stereocenters. The topological polar surface area (TPSA) is 62.6 Å². The minimum atomic E-state index is -0.539. The normalized spacial score (nSPS) is 14.9. The summed E-state index contributed by atoms with van der Waals surface area (Å²) in [6, 6.07) is 10.9. The van der Waals surface area contributed by atoms with E-state index in [0.29, 0.717) is 25.4 Å². The molecule has 0 aliphatic carbocycles. The lowest BCUT2D eigenvalue weighted by molar-refractivity contribution is -0.134. The monoisotopic (exact) mass is 340 g/mol. The minimum Gasteiger partial charge on any atom is -0.459 e. The molecule has 25 heavy (non-hydrogen) atoms. The Bertz CT molecular complexity index is 737. The lowest BCUT2D eigenvalue weighted by Crippen LogP contribution is -2.50. The van der Waals surface area contributed by atoms with E-state index in [1.165, 1.54) is 17.4 Å². The molecule has 5 nitrogen and oxygen atoms in total. The summed E-state index contributed by atoms with van der Waals surface area (Å²) < 4.78 is 5.14. The first kappa shape index (κ1) is 17.3. The smallest absolute Gasteiger partial charge is 0.287 e. The van der Waals surface area contributed by atoms with Crippen molar-refractivity contribution in [2.45, 2.75) is 39.3 Å². The fraction of sp³-hybridized carbons (Fsp3) is 0.400. The summed E-state index contributed by atoms with van der Waals surface area (Å²) >= 11 is 0. The predicted molar refractivity (Wildman–Crippen MR) is 95.0 cm³/mol. The Balaban J connectivity index is 1.72. The van der Waals surface area contributed by atoms with Crippen LogP contribution in [-0.4, -0.2) is 29.3 Å². The van der Waals surface area contributed by atoms with Crippen molar-refractivity contribution in [2.24, 2.45) is 5.92 Å². The number of nitrogens with one attached hydrogen (secondary N) is 1. The number of benzene rings is 1. The Morgan fingerprint density at radius 2 is 1.92 bits per heavy atom. The average Bonchev–Trinajstić information content (AvgIpc) is 3.14. The predicted octanol–water partition coefficient (Wildman–Crippen LogP) is 3.01. The van der Waals surface area contributed by atoms with Crippen molar-refractivity contribution in [1.82, 2.24) is 10.2 Å². The summed E-state index contributed by atoms with van der Waals surface area (Å²) in [7, 11) is 0. The van der Waals surface area contributed by atoms with Gasteiger partial charge in [-0.05, 0) is 42.0 Å². The number of fused-ring (bicyclic) bond motifs is 1. The molecule has 2 amide bonds. The van der Waals surface area contributed by atoms with E-state index in [-0.39, 0.29) is 17.6 Å². The molecule has 0 unspecified atom stereocenters. The maximum absolute atomic E-state index is 13.0. The lowest BCUT2D eigenvalue weighted by atomic mass is 9.97. The first-order chi connectivity index (χ1) is 12.0. The van der Waals surface area contributed by atoms with Crippen LogP contribution in [0.4, 0.5) is 0 Å². The van der Waals surface area contributed by atoms with Gasteiger partial charge in [0.2, 0.25) is 5.91 Å². The Hall–Kier alpha value is -2.56. The zero-order chi connectivity index (χ0) is 17.8. The Morgan fingerprint density at radius 1 is 1.16 bits per heavy atom. The van der Waals surface area contributed by atoms with Gasteiger partial charge < -0.3 is 14.6 Å². The van der Waals surface area contributed by atoms with E-state index in [2.05, 4.69) is 17.4 Å². The number of nitrogens with zero attached hydrogens (tertiary/aromatic N) is 1. The Morgan fingerprint density at radius 3 is 2.60 bits per heavy atom. The number of furan rings is 1. The van der Waals surface area contributed by atoms with Crippen LogP contribution in [0.15, 0.2) is 47.1 Å². The van der Waals surface area contributed by atoms with E-state index >= 15 is 0 Å². The SMILES string of the molecule is CC(C)C[C@H](NC(=O)c1ccco1)C(=O)N1CCc2ccccc2C1. The highest BCUT2D eigenvalue weighted by Crippen LogP contribution is 2.20. The third-order valence-electron chi connectivity index (χ3n) is 4.50. The summed E-state index contributed by atoms with van der Waals surface area (Å²) in [5, 5.41) is 2.85. The summed E-state index contributed by atoms with van der Waals surface area (Å²) in [5.41, 5.74) is 2.48. The number of rotatable bonds is 5. The molecule has 2 aromatic rings. The van der Waals surface area contributed by atoms with Gasteiger partial charge in [-0.25, -0.2) is 0 Å². The molecule has 2 heterocycles. The van der Waals surface area contributed by atoms with Gasteiger partial charge in [0.25, 0.3) is 5.91 Å². The third kappa shape index (κ3) is 4.10. The quantitative estimate of drug-likeness (QED) is 0.910. The van der Waals surface area contributed by atoms with E-state index in [4.69, 9.17) is 4.42 Å². The van der Waals surface area contributed by atoms with Crippen molar-refractivity contribution in [3.63, 3.8) is 0 Å². The van der Waals surface area contributed by atoms with Gasteiger partial charge in [-0.1, -0.05) is 38.1 Å². The summed E-state index contributed by atoms with van der Waals surface area (Å²) in [5.74, 6) is 0.151. The maximum atomic E-state index is 13.0. The second-order valence-corrected chi connectivity index (χ2v) is 6.91. The van der Waals surface area contributed by atoms with Crippen molar-refractivity contribution < 1.29 is 14.0 Å². The van der Waals surface area contributed by atoms with Gasteiger partial charge in [0.05, 0.1) is 6.26 Å². The van der Waals surface area contributed by atoms with E-state index in [0.717, 1.165) is 6.42 Å². The van der Waals surface area contributed by atoms with Crippen LogP contribution in [0.1, 0.15) is 41.9 Å². The fourth-order valence-electron chi connectivity index (χ4n) is 3.23. The van der Waals surface area contributed by atoms with Crippen molar-refractivity contribution in [3.8, 4) is 0 Å². The molecule has 132 valence electrons. The van der Waals surface area contributed by atoms with Gasteiger partial charge in [-0.15, -0.1) is 0 Å². The molecule has 0 fully saturated rings. The van der Waals surface area contributed by atoms with E-state index < -0.39 is 6.04 Å². The maximum Gasteiger partial charge on any atom is 0.287 e. The van der Waals surface area contributed by atoms with Crippen molar-refractivity contribution >= 4 is 11.8 Å². The van der Waals surface area contributed by atoms with Crippen LogP contribution >= 0.6 is 0 Å². The third-order valence-corrected chi connectivity index (χ3v) is 4.50. The number of amides is 2. The van der Waals surface area contributed by atoms with Crippen molar-refractivity contribution in [1.29, 1.82) is 0 Å². The molecule has 1 aliphatic heterocycles. The van der Waals surface area contributed by atoms with Crippen LogP contribution in [0.2, 0.25) is 0 Å². The summed E-state index contributed by atoms with van der Waals surface area (Å²) in [6.45, 7) is 5.37. The molecule has 0 radical (unpaired) electrons. The first-order valence-electron chi connectivity index (χ1n) is 8.74. The molecular formula is C20H24N2O3. The molecule has 3 rings (SSSR count). The molecule has 5 heteroatoms. The van der Waals surface area contributed by atoms with Crippen molar-refractivity contribution in [2.75, 3.05) is 6.54 Å². The molecule has 1 aliphatic rings. The molecule has 0 saturated heterocycles. The van der Waals surface area contributed by atoms with Gasteiger partial charge in [0.15, 0.2) is 5.76 Å². The van der Waals surface area contributed by atoms with Gasteiger partial charge >= 0.3 is 0 Å². The summed E-state index contributed by atoms with van der Waals surface area (Å²) in [4.78, 5) is 27.2. The van der Waals surface area contributed by atoms with Gasteiger partial charge in [-0.2, -0.15) is 0 Å². The number of hydrogen-bond acceptors (Lipinski definition) is 3. The highest BCUT2D eigenvalue weighted by Gasteiger charge is 2.29. The zero-order valence-corrected chi connectivity index (χ0v) is 14.7. The second kappa shape index (κ2) is 7.55. The number of hydrogen-bond donors (Lipinski definition) is 1. The summed E-state index contributed by atoms with van der Waals surface area (Å²) in [6.07, 6.45) is 2.90. The van der Waals surface area contributed by atoms with Gasteiger partial charge in [-0.3, -0.25) is 9.59 Å². The second-order valence-electron chi connectivity index (χ2n) is 6.91. The van der Waals surface area contributed by atoms with Crippen LogP contribution in [-0.2, 0) is 17.8 Å². The van der Waals surface area contributed by atoms with E-state index in [1.807, 2.05) is 30.9 Å². The lowest BCUT2D eigenvalue weighted by Gasteiger charge is -2.32. The fourth-order valence-corrected chi connectivity index (χ4v) is 3.23. The van der Waals surface area contributed by atoms with Crippen LogP contribution in [0, 0.1) is 5.92 Å².